The first-order chi connectivity index (χ1) is 4.77. The van der Waals surface area contributed by atoms with Gasteiger partial charge in [-0.1, -0.05) is 38.4 Å². The van der Waals surface area contributed by atoms with E-state index in [-0.39, 0.29) is 8.80 Å². The molecule has 0 heterocycles. The van der Waals surface area contributed by atoms with Gasteiger partial charge in [-0.15, -0.1) is 11.6 Å². The Morgan fingerprint density at radius 3 is 2.10 bits per heavy atom. The normalized spacial score (nSPS) is 10.8. The van der Waals surface area contributed by atoms with Crippen LogP contribution in [-0.2, 0) is 0 Å². The average molecular weight is 179 g/mol. The zero-order chi connectivity index (χ0) is 7.82. The van der Waals surface area contributed by atoms with Crippen molar-refractivity contribution in [2.45, 2.75) is 44.8 Å². The molecule has 0 aromatic rings. The summed E-state index contributed by atoms with van der Waals surface area (Å²) in [5.74, 6) is 0.846. The van der Waals surface area contributed by atoms with Crippen LogP contribution >= 0.6 is 11.6 Å². The minimum Gasteiger partial charge on any atom is -0.127 e. The van der Waals surface area contributed by atoms with Crippen molar-refractivity contribution in [3.8, 4) is 0 Å². The van der Waals surface area contributed by atoms with Crippen molar-refractivity contribution in [1.82, 2.24) is 0 Å². The van der Waals surface area contributed by atoms with E-state index in [1.807, 2.05) is 0 Å². The predicted molar refractivity (Wildman–Crippen MR) is 52.9 cm³/mol. The fourth-order valence-electron chi connectivity index (χ4n) is 1.00. The van der Waals surface area contributed by atoms with Gasteiger partial charge in [-0.25, -0.2) is 0 Å². The van der Waals surface area contributed by atoms with Crippen molar-refractivity contribution >= 4 is 20.4 Å². The van der Waals surface area contributed by atoms with Crippen LogP contribution in [0.25, 0.3) is 0 Å². The van der Waals surface area contributed by atoms with Crippen molar-refractivity contribution < 1.29 is 0 Å². The summed E-state index contributed by atoms with van der Waals surface area (Å²) in [6.45, 7) is 4.84. The van der Waals surface area contributed by atoms with Crippen molar-refractivity contribution in [3.05, 3.63) is 0 Å². The molecule has 62 valence electrons. The van der Waals surface area contributed by atoms with E-state index in [1.165, 1.54) is 31.7 Å². The molecule has 0 saturated carbocycles. The predicted octanol–water partition coefficient (Wildman–Crippen LogP) is 3.27. The molecule has 0 aliphatic heterocycles. The summed E-state index contributed by atoms with van der Waals surface area (Å²) in [5.41, 5.74) is 0. The van der Waals surface area contributed by atoms with E-state index in [0.29, 0.717) is 0 Å². The van der Waals surface area contributed by atoms with Crippen LogP contribution in [0.15, 0.2) is 0 Å². The number of hydrogen-bond acceptors (Lipinski definition) is 0. The average Bonchev–Trinajstić information content (AvgIpc) is 1.87. The highest BCUT2D eigenvalue weighted by Gasteiger charge is 1.94. The Morgan fingerprint density at radius 1 is 1.00 bits per heavy atom. The van der Waals surface area contributed by atoms with E-state index in [0.717, 1.165) is 5.88 Å². The van der Waals surface area contributed by atoms with Gasteiger partial charge in [0, 0.05) is 14.7 Å². The summed E-state index contributed by atoms with van der Waals surface area (Å²) in [5, 5.41) is 0. The Morgan fingerprint density at radius 2 is 1.60 bits per heavy atom. The summed E-state index contributed by atoms with van der Waals surface area (Å²) in [6, 6.07) is 1.52. The molecule has 2 heteroatoms. The molecule has 0 rings (SSSR count). The van der Waals surface area contributed by atoms with E-state index >= 15 is 0 Å². The molecular weight excluding hydrogens is 160 g/mol. The van der Waals surface area contributed by atoms with Crippen LogP contribution in [0.1, 0.15) is 25.7 Å². The second-order valence-electron chi connectivity index (χ2n) is 3.29. The summed E-state index contributed by atoms with van der Waals surface area (Å²) < 4.78 is 0. The Hall–Kier alpha value is 0.507. The Balaban J connectivity index is 2.77. The van der Waals surface area contributed by atoms with Crippen LogP contribution in [0, 0.1) is 0 Å². The molecule has 0 nitrogen and oxygen atoms in total. The van der Waals surface area contributed by atoms with Gasteiger partial charge in [0.05, 0.1) is 0 Å². The minimum atomic E-state index is -0.255. The monoisotopic (exact) mass is 178 g/mol. The van der Waals surface area contributed by atoms with E-state index in [4.69, 9.17) is 11.6 Å². The van der Waals surface area contributed by atoms with Gasteiger partial charge in [-0.05, 0) is 6.42 Å². The third kappa shape index (κ3) is 8.51. The summed E-state index contributed by atoms with van der Waals surface area (Å²) in [4.78, 5) is 0. The van der Waals surface area contributed by atoms with E-state index in [1.54, 1.807) is 0 Å². The lowest BCUT2D eigenvalue weighted by molar-refractivity contribution is 0.702. The fourth-order valence-corrected chi connectivity index (χ4v) is 2.29. The molecule has 0 saturated heterocycles. The molecule has 10 heavy (non-hydrogen) atoms. The van der Waals surface area contributed by atoms with Crippen LogP contribution in [0.4, 0.5) is 0 Å². The van der Waals surface area contributed by atoms with Gasteiger partial charge in [-0.2, -0.15) is 0 Å². The maximum Gasteiger partial charge on any atom is 0.0305 e. The van der Waals surface area contributed by atoms with Gasteiger partial charge in [0.15, 0.2) is 0 Å². The van der Waals surface area contributed by atoms with Gasteiger partial charge in [-0.3, -0.25) is 0 Å². The maximum absolute atomic E-state index is 5.55. The van der Waals surface area contributed by atoms with E-state index < -0.39 is 0 Å². The van der Waals surface area contributed by atoms with Crippen molar-refractivity contribution in [2.75, 3.05) is 5.88 Å². The second kappa shape index (κ2) is 7.61. The first kappa shape index (κ1) is 10.5. The number of alkyl halides is 1. The number of halogens is 1. The summed E-state index contributed by atoms with van der Waals surface area (Å²) in [7, 11) is -0.255. The lowest BCUT2D eigenvalue weighted by Gasteiger charge is -2.01. The third-order valence-corrected chi connectivity index (χ3v) is 3.50. The molecule has 0 spiro atoms. The highest BCUT2D eigenvalue weighted by Crippen LogP contribution is 2.06. The Bertz CT molecular complexity index is 64.3. The molecule has 0 aromatic heterocycles. The Labute approximate surface area is 71.6 Å². The molecular formula is C8H19ClSi. The largest absolute Gasteiger partial charge is 0.127 e. The molecule has 0 fully saturated rings. The Kier molecular flexibility index (Phi) is 8.00. The number of unbranched alkanes of at least 4 members (excludes halogenated alkanes) is 3. The molecule has 0 aliphatic rings. The van der Waals surface area contributed by atoms with Crippen molar-refractivity contribution in [3.63, 3.8) is 0 Å². The van der Waals surface area contributed by atoms with Crippen LogP contribution in [0.2, 0.25) is 19.1 Å². The second-order valence-corrected chi connectivity index (χ2v) is 7.03. The van der Waals surface area contributed by atoms with Crippen molar-refractivity contribution in [2.24, 2.45) is 0 Å². The minimum absolute atomic E-state index is 0.255. The highest BCUT2D eigenvalue weighted by molar-refractivity contribution is 6.55. The zero-order valence-electron chi connectivity index (χ0n) is 7.20. The van der Waals surface area contributed by atoms with Gasteiger partial charge < -0.3 is 0 Å². The van der Waals surface area contributed by atoms with Gasteiger partial charge in [0.2, 0.25) is 0 Å². The van der Waals surface area contributed by atoms with Gasteiger partial charge in [0.25, 0.3) is 0 Å². The first-order valence-electron chi connectivity index (χ1n) is 4.33. The molecule has 0 radical (unpaired) electrons. The zero-order valence-corrected chi connectivity index (χ0v) is 9.11. The molecule has 0 bridgehead atoms. The molecule has 0 unspecified atom stereocenters. The molecule has 0 atom stereocenters. The smallest absolute Gasteiger partial charge is 0.0305 e. The maximum atomic E-state index is 5.55. The van der Waals surface area contributed by atoms with Gasteiger partial charge >= 0.3 is 0 Å². The molecule has 0 N–H and O–H groups in total. The highest BCUT2D eigenvalue weighted by atomic mass is 35.5. The number of rotatable bonds is 6. The van der Waals surface area contributed by atoms with Crippen LogP contribution in [0.3, 0.4) is 0 Å². The van der Waals surface area contributed by atoms with E-state index in [9.17, 15) is 0 Å². The van der Waals surface area contributed by atoms with Crippen LogP contribution in [0.5, 0.6) is 0 Å². The van der Waals surface area contributed by atoms with Crippen LogP contribution in [-0.4, -0.2) is 14.7 Å². The first-order valence-corrected chi connectivity index (χ1v) is 7.99. The molecule has 0 amide bonds. The standard InChI is InChI=1S/C8H19ClSi/c1-10(2)8-6-4-3-5-7-9/h10H,3-8H2,1-2H3. The SMILES string of the molecule is C[SiH](C)CCCCCCCl. The molecule has 0 aliphatic carbocycles. The summed E-state index contributed by atoms with van der Waals surface area (Å²) in [6.07, 6.45) is 5.39. The molecule has 0 aromatic carbocycles. The lowest BCUT2D eigenvalue weighted by Crippen LogP contribution is -1.97. The summed E-state index contributed by atoms with van der Waals surface area (Å²) >= 11 is 5.55. The topological polar surface area (TPSA) is 0 Å². The number of hydrogen-bond donors (Lipinski definition) is 0. The van der Waals surface area contributed by atoms with Crippen molar-refractivity contribution in [1.29, 1.82) is 0 Å². The lowest BCUT2D eigenvalue weighted by atomic mass is 10.2. The van der Waals surface area contributed by atoms with Gasteiger partial charge in [0.1, 0.15) is 0 Å². The third-order valence-electron chi connectivity index (χ3n) is 1.67. The van der Waals surface area contributed by atoms with E-state index in [2.05, 4.69) is 13.1 Å². The quantitative estimate of drug-likeness (QED) is 0.333. The fraction of sp³-hybridized carbons (Fsp3) is 1.00. The van der Waals surface area contributed by atoms with Crippen LogP contribution < -0.4 is 0 Å².